The first kappa shape index (κ1) is 27.2. The zero-order valence-electron chi connectivity index (χ0n) is 22.7. The van der Waals surface area contributed by atoms with Gasteiger partial charge in [-0.1, -0.05) is 51.2 Å². The minimum atomic E-state index is -1.59. The summed E-state index contributed by atoms with van der Waals surface area (Å²) in [5, 5.41) is 4.18. The Balaban J connectivity index is 1.77. The number of ether oxygens (including phenoxy) is 4. The molecule has 0 aliphatic heterocycles. The van der Waals surface area contributed by atoms with Crippen LogP contribution in [0.15, 0.2) is 46.9 Å². The zero-order chi connectivity index (χ0) is 26.7. The number of methoxy groups -OCH3 is 3. The van der Waals surface area contributed by atoms with Gasteiger partial charge in [-0.15, -0.1) is 0 Å². The van der Waals surface area contributed by atoms with Gasteiger partial charge in [-0.2, -0.15) is 0 Å². The van der Waals surface area contributed by atoms with Gasteiger partial charge < -0.3 is 28.7 Å². The molecule has 0 fully saturated rings. The molecule has 1 amide bonds. The lowest BCUT2D eigenvalue weighted by Gasteiger charge is -2.31. The van der Waals surface area contributed by atoms with Crippen molar-refractivity contribution in [1.29, 1.82) is 0 Å². The van der Waals surface area contributed by atoms with Gasteiger partial charge in [0.2, 0.25) is 0 Å². The minimum Gasteiger partial charge on any atom is -0.496 e. The van der Waals surface area contributed by atoms with E-state index in [0.717, 1.165) is 5.56 Å². The second-order valence-electron chi connectivity index (χ2n) is 10.7. The number of hydrogen-bond donors (Lipinski definition) is 1. The van der Waals surface area contributed by atoms with Gasteiger partial charge in [-0.3, -0.25) is 4.79 Å². The van der Waals surface area contributed by atoms with E-state index in [9.17, 15) is 4.79 Å². The summed E-state index contributed by atoms with van der Waals surface area (Å²) in [7, 11) is 2.96. The molecule has 0 aliphatic carbocycles. The van der Waals surface area contributed by atoms with Crippen molar-refractivity contribution in [2.75, 3.05) is 26.6 Å². The lowest BCUT2D eigenvalue weighted by atomic mass is 10.0. The highest BCUT2D eigenvalue weighted by molar-refractivity contribution is 6.89. The average molecular weight is 512 g/mol. The van der Waals surface area contributed by atoms with Crippen LogP contribution in [0.5, 0.6) is 28.9 Å². The van der Waals surface area contributed by atoms with Crippen molar-refractivity contribution in [2.45, 2.75) is 46.8 Å². The van der Waals surface area contributed by atoms with E-state index in [-0.39, 0.29) is 17.1 Å². The van der Waals surface area contributed by atoms with Crippen LogP contribution in [0.2, 0.25) is 19.1 Å². The number of carbonyl (C=O) groups excluding carboxylic acids is 1. The second kappa shape index (κ2) is 10.7. The van der Waals surface area contributed by atoms with E-state index in [2.05, 4.69) is 51.3 Å². The molecule has 0 unspecified atom stereocenters. The van der Waals surface area contributed by atoms with Gasteiger partial charge in [0, 0.05) is 18.2 Å². The third-order valence-corrected chi connectivity index (χ3v) is 9.72. The Labute approximate surface area is 214 Å². The van der Waals surface area contributed by atoms with Crippen LogP contribution in [-0.2, 0) is 0 Å². The molecule has 0 aliphatic rings. The molecule has 7 nitrogen and oxygen atoms in total. The summed E-state index contributed by atoms with van der Waals surface area (Å²) in [6, 6.07) is 14.1. The average Bonchev–Trinajstić information content (AvgIpc) is 3.27. The predicted octanol–water partition coefficient (Wildman–Crippen LogP) is 6.62. The number of carbonyl (C=O) groups is 1. The molecule has 0 bridgehead atoms. The lowest BCUT2D eigenvalue weighted by molar-refractivity contribution is 0.0991. The van der Waals surface area contributed by atoms with Gasteiger partial charge in [-0.25, -0.2) is 0 Å². The molecule has 3 rings (SSSR count). The number of hydrogen-bond acceptors (Lipinski definition) is 6. The molecule has 8 heteroatoms. The maximum atomic E-state index is 12.9. The zero-order valence-corrected chi connectivity index (χ0v) is 23.7. The topological polar surface area (TPSA) is 79.2 Å². The number of benzene rings is 2. The van der Waals surface area contributed by atoms with Crippen LogP contribution in [0.1, 0.15) is 36.9 Å². The van der Waals surface area contributed by atoms with E-state index in [4.69, 9.17) is 23.4 Å². The van der Waals surface area contributed by atoms with E-state index in [1.54, 1.807) is 31.4 Å². The summed E-state index contributed by atoms with van der Waals surface area (Å²) in [5.74, 6) is 1.90. The second-order valence-corrected chi connectivity index (χ2v) is 15.4. The summed E-state index contributed by atoms with van der Waals surface area (Å²) < 4.78 is 27.7. The van der Waals surface area contributed by atoms with Gasteiger partial charge >= 0.3 is 0 Å². The van der Waals surface area contributed by atoms with E-state index < -0.39 is 14.0 Å². The number of amides is 1. The van der Waals surface area contributed by atoms with Crippen molar-refractivity contribution in [1.82, 2.24) is 0 Å². The molecule has 36 heavy (non-hydrogen) atoms. The molecular formula is C28H37NO6Si. The fourth-order valence-corrected chi connectivity index (χ4v) is 8.52. The monoisotopic (exact) mass is 511 g/mol. The standard InChI is InChI=1S/C28H37NO6Si/c1-18-14-20(36(8,9)17-28(2,3)4)10-11-21(18)34-25-13-12-22(35-25)27(30)29-26-23(32-6)15-19(31-5)16-24(26)33-7/h10-16H,17H2,1-9H3,(H,29,30). The Morgan fingerprint density at radius 3 is 2.08 bits per heavy atom. The first-order valence-corrected chi connectivity index (χ1v) is 15.1. The van der Waals surface area contributed by atoms with E-state index in [1.807, 2.05) is 13.0 Å². The molecule has 3 aromatic rings. The van der Waals surface area contributed by atoms with Crippen molar-refractivity contribution in [3.8, 4) is 28.9 Å². The Kier molecular flexibility index (Phi) is 8.08. The number of aryl methyl sites for hydroxylation is 1. The highest BCUT2D eigenvalue weighted by atomic mass is 28.3. The molecule has 1 heterocycles. The van der Waals surface area contributed by atoms with Gasteiger partial charge in [-0.05, 0) is 36.1 Å². The van der Waals surface area contributed by atoms with Crippen molar-refractivity contribution in [3.05, 3.63) is 53.8 Å². The van der Waals surface area contributed by atoms with Crippen LogP contribution >= 0.6 is 0 Å². The highest BCUT2D eigenvalue weighted by Crippen LogP contribution is 2.39. The fraction of sp³-hybridized carbons (Fsp3) is 0.393. The molecule has 0 spiro atoms. The van der Waals surface area contributed by atoms with Gasteiger partial charge in [0.25, 0.3) is 11.9 Å². The molecule has 1 N–H and O–H groups in total. The Morgan fingerprint density at radius 2 is 1.56 bits per heavy atom. The minimum absolute atomic E-state index is 0.0953. The lowest BCUT2D eigenvalue weighted by Crippen LogP contribution is -2.44. The first-order valence-electron chi connectivity index (χ1n) is 11.9. The molecule has 0 atom stereocenters. The van der Waals surface area contributed by atoms with Crippen LogP contribution in [0.3, 0.4) is 0 Å². The molecule has 0 radical (unpaired) electrons. The largest absolute Gasteiger partial charge is 0.496 e. The van der Waals surface area contributed by atoms with Crippen LogP contribution in [0, 0.1) is 12.3 Å². The highest BCUT2D eigenvalue weighted by Gasteiger charge is 2.30. The van der Waals surface area contributed by atoms with E-state index >= 15 is 0 Å². The van der Waals surface area contributed by atoms with Gasteiger partial charge in [0.05, 0.1) is 29.4 Å². The quantitative estimate of drug-likeness (QED) is 0.325. The summed E-state index contributed by atoms with van der Waals surface area (Å²) >= 11 is 0. The first-order chi connectivity index (χ1) is 16.9. The van der Waals surface area contributed by atoms with Gasteiger partial charge in [0.1, 0.15) is 28.7 Å². The van der Waals surface area contributed by atoms with Crippen LogP contribution in [0.25, 0.3) is 0 Å². The molecule has 1 aromatic heterocycles. The molecular weight excluding hydrogens is 474 g/mol. The SMILES string of the molecule is COc1cc(OC)c(NC(=O)c2ccc(Oc3ccc([Si](C)(C)CC(C)(C)C)cc3C)o2)c(OC)c1. The van der Waals surface area contributed by atoms with E-state index in [1.165, 1.54) is 25.5 Å². The maximum Gasteiger partial charge on any atom is 0.291 e. The number of anilines is 1. The molecule has 0 saturated carbocycles. The van der Waals surface area contributed by atoms with Gasteiger partial charge in [0.15, 0.2) is 5.76 Å². The van der Waals surface area contributed by atoms with Crippen LogP contribution in [-0.4, -0.2) is 35.3 Å². The Hall–Kier alpha value is -3.39. The third kappa shape index (κ3) is 6.43. The predicted molar refractivity (Wildman–Crippen MR) is 145 cm³/mol. The Bertz CT molecular complexity index is 1200. The van der Waals surface area contributed by atoms with Crippen molar-refractivity contribution >= 4 is 24.9 Å². The Morgan fingerprint density at radius 1 is 0.917 bits per heavy atom. The van der Waals surface area contributed by atoms with Crippen LogP contribution < -0.4 is 29.5 Å². The summed E-state index contributed by atoms with van der Waals surface area (Å²) in [5.41, 5.74) is 1.68. The van der Waals surface area contributed by atoms with Crippen LogP contribution in [0.4, 0.5) is 5.69 Å². The number of furan rings is 1. The third-order valence-electron chi connectivity index (χ3n) is 5.90. The molecule has 0 saturated heterocycles. The number of rotatable bonds is 9. The van der Waals surface area contributed by atoms with Crippen molar-refractivity contribution in [2.24, 2.45) is 5.41 Å². The summed E-state index contributed by atoms with van der Waals surface area (Å²) in [6.45, 7) is 13.7. The summed E-state index contributed by atoms with van der Waals surface area (Å²) in [4.78, 5) is 12.9. The smallest absolute Gasteiger partial charge is 0.291 e. The van der Waals surface area contributed by atoms with E-state index in [0.29, 0.717) is 28.7 Å². The normalized spacial score (nSPS) is 11.7. The molecule has 194 valence electrons. The fourth-order valence-electron chi connectivity index (χ4n) is 4.52. The van der Waals surface area contributed by atoms with Crippen molar-refractivity contribution in [3.63, 3.8) is 0 Å². The maximum absolute atomic E-state index is 12.9. The summed E-state index contributed by atoms with van der Waals surface area (Å²) in [6.07, 6.45) is 0. The number of nitrogens with one attached hydrogen (secondary N) is 1. The molecule has 2 aromatic carbocycles. The van der Waals surface area contributed by atoms with Crippen molar-refractivity contribution < 1.29 is 28.2 Å².